The second-order valence-electron chi connectivity index (χ2n) is 10.2. The zero-order valence-corrected chi connectivity index (χ0v) is 21.4. The average molecular weight is 506 g/mol. The number of carbonyl (C=O) groups excluding carboxylic acids is 1. The van der Waals surface area contributed by atoms with Crippen LogP contribution in [0.15, 0.2) is 73.2 Å². The zero-order valence-electron chi connectivity index (χ0n) is 21.4. The van der Waals surface area contributed by atoms with E-state index in [1.165, 1.54) is 17.0 Å². The van der Waals surface area contributed by atoms with E-state index in [-0.39, 0.29) is 0 Å². The van der Waals surface area contributed by atoms with Crippen molar-refractivity contribution >= 4 is 45.7 Å². The number of hydrogen-bond acceptors (Lipinski definition) is 6. The molecule has 1 amide bonds. The third kappa shape index (κ3) is 4.65. The molecule has 1 fully saturated rings. The number of carbonyl (C=O) groups is 1. The number of fused-ring (bicyclic) bond motifs is 2. The quantitative estimate of drug-likeness (QED) is 0.203. The van der Waals surface area contributed by atoms with Crippen molar-refractivity contribution in [2.24, 2.45) is 5.92 Å². The SMILES string of the molecule is Cc1cc2ccc(CCC3CCC(n4ccc5c(N)ncnc54)C3)cc2nc1NN(C=O)c1ccccc1. The molecule has 3 heterocycles. The Kier molecular flexibility index (Phi) is 6.37. The summed E-state index contributed by atoms with van der Waals surface area (Å²) in [6, 6.07) is 20.6. The molecule has 3 aromatic heterocycles. The smallest absolute Gasteiger partial charge is 0.232 e. The maximum atomic E-state index is 11.7. The molecule has 3 N–H and O–H groups in total. The highest BCUT2D eigenvalue weighted by Crippen LogP contribution is 2.39. The average Bonchev–Trinajstić information content (AvgIpc) is 3.59. The molecule has 8 heteroatoms. The molecule has 192 valence electrons. The highest BCUT2D eigenvalue weighted by Gasteiger charge is 2.27. The number of pyridine rings is 1. The lowest BCUT2D eigenvalue weighted by molar-refractivity contribution is -0.107. The predicted molar refractivity (Wildman–Crippen MR) is 152 cm³/mol. The van der Waals surface area contributed by atoms with Crippen LogP contribution < -0.4 is 16.2 Å². The minimum absolute atomic E-state index is 0.451. The Morgan fingerprint density at radius 1 is 1.11 bits per heavy atom. The molecule has 2 unspecified atom stereocenters. The van der Waals surface area contributed by atoms with Crippen LogP contribution in [-0.4, -0.2) is 25.9 Å². The second-order valence-corrected chi connectivity index (χ2v) is 10.2. The van der Waals surface area contributed by atoms with Crippen molar-refractivity contribution in [2.75, 3.05) is 16.2 Å². The molecule has 0 bridgehead atoms. The molecule has 2 aromatic carbocycles. The lowest BCUT2D eigenvalue weighted by atomic mass is 9.97. The highest BCUT2D eigenvalue weighted by atomic mass is 16.1. The van der Waals surface area contributed by atoms with Crippen molar-refractivity contribution in [3.63, 3.8) is 0 Å². The number of amides is 1. The number of nitrogen functional groups attached to an aromatic ring is 1. The van der Waals surface area contributed by atoms with Crippen LogP contribution in [0.2, 0.25) is 0 Å². The number of nitrogens with two attached hydrogens (primary N) is 1. The first-order valence-corrected chi connectivity index (χ1v) is 13.1. The van der Waals surface area contributed by atoms with E-state index >= 15 is 0 Å². The third-order valence-electron chi connectivity index (χ3n) is 7.73. The molecular formula is C30H31N7O. The van der Waals surface area contributed by atoms with Crippen LogP contribution in [0.4, 0.5) is 17.3 Å². The first-order chi connectivity index (χ1) is 18.6. The first kappa shape index (κ1) is 23.9. The molecule has 5 aromatic rings. The van der Waals surface area contributed by atoms with Gasteiger partial charge in [-0.2, -0.15) is 0 Å². The molecule has 8 nitrogen and oxygen atoms in total. The number of aryl methyl sites for hydroxylation is 2. The van der Waals surface area contributed by atoms with Gasteiger partial charge < -0.3 is 10.3 Å². The largest absolute Gasteiger partial charge is 0.383 e. The van der Waals surface area contributed by atoms with Gasteiger partial charge in [0.25, 0.3) is 0 Å². The topological polar surface area (TPSA) is 102 Å². The minimum atomic E-state index is 0.451. The molecule has 1 aliphatic rings. The summed E-state index contributed by atoms with van der Waals surface area (Å²) in [7, 11) is 0. The van der Waals surface area contributed by atoms with Crippen molar-refractivity contribution in [1.82, 2.24) is 19.5 Å². The number of aromatic nitrogens is 4. The molecule has 0 aliphatic heterocycles. The zero-order chi connectivity index (χ0) is 26.1. The third-order valence-corrected chi connectivity index (χ3v) is 7.73. The summed E-state index contributed by atoms with van der Waals surface area (Å²) < 4.78 is 2.28. The van der Waals surface area contributed by atoms with Gasteiger partial charge in [0, 0.05) is 17.6 Å². The van der Waals surface area contributed by atoms with Crippen molar-refractivity contribution in [2.45, 2.75) is 45.1 Å². The van der Waals surface area contributed by atoms with Gasteiger partial charge in [-0.15, -0.1) is 0 Å². The van der Waals surface area contributed by atoms with Crippen molar-refractivity contribution in [3.8, 4) is 0 Å². The van der Waals surface area contributed by atoms with Gasteiger partial charge in [0.2, 0.25) is 6.41 Å². The standard InChI is InChI=1S/C30H31N7O/c1-20-15-23-11-9-22(17-27(23)34-29(20)35-37(19-38)24-5-3-2-4-6-24)8-7-21-10-12-25(16-21)36-14-13-26-28(31)32-18-33-30(26)36/h2-6,9,11,13-15,17-19,21,25H,7-8,10,12,16H2,1H3,(H,34,35)(H2,31,32,33). The van der Waals surface area contributed by atoms with Crippen LogP contribution in [0, 0.1) is 12.8 Å². The number of nitrogens with zero attached hydrogens (tertiary/aromatic N) is 5. The number of nitrogens with one attached hydrogen (secondary N) is 1. The van der Waals surface area contributed by atoms with Gasteiger partial charge in [-0.1, -0.05) is 30.3 Å². The molecule has 1 aliphatic carbocycles. The summed E-state index contributed by atoms with van der Waals surface area (Å²) in [4.78, 5) is 25.2. The van der Waals surface area contributed by atoms with Gasteiger partial charge in [0.15, 0.2) is 0 Å². The Balaban J connectivity index is 1.14. The second kappa shape index (κ2) is 10.1. The van der Waals surface area contributed by atoms with Gasteiger partial charge in [0.05, 0.1) is 16.6 Å². The van der Waals surface area contributed by atoms with Crippen LogP contribution in [0.25, 0.3) is 21.9 Å². The lowest BCUT2D eigenvalue weighted by Crippen LogP contribution is -2.29. The summed E-state index contributed by atoms with van der Waals surface area (Å²) >= 11 is 0. The van der Waals surface area contributed by atoms with E-state index in [9.17, 15) is 4.79 Å². The summed E-state index contributed by atoms with van der Waals surface area (Å²) in [5.41, 5.74) is 14.1. The Labute approximate surface area is 221 Å². The van der Waals surface area contributed by atoms with E-state index in [1.807, 2.05) is 43.3 Å². The molecular weight excluding hydrogens is 474 g/mol. The Morgan fingerprint density at radius 2 is 1.97 bits per heavy atom. The van der Waals surface area contributed by atoms with Crippen LogP contribution in [0.1, 0.15) is 42.9 Å². The van der Waals surface area contributed by atoms with E-state index < -0.39 is 0 Å². The fraction of sp³-hybridized carbons (Fsp3) is 0.267. The van der Waals surface area contributed by atoms with E-state index in [0.29, 0.717) is 23.6 Å². The van der Waals surface area contributed by atoms with Crippen LogP contribution in [-0.2, 0) is 11.2 Å². The van der Waals surface area contributed by atoms with E-state index in [0.717, 1.165) is 65.3 Å². The Bertz CT molecular complexity index is 1600. The number of rotatable bonds is 8. The van der Waals surface area contributed by atoms with E-state index in [4.69, 9.17) is 10.7 Å². The maximum absolute atomic E-state index is 11.7. The normalized spacial score (nSPS) is 17.2. The fourth-order valence-corrected chi connectivity index (χ4v) is 5.66. The number of anilines is 3. The lowest BCUT2D eigenvalue weighted by Gasteiger charge is -2.20. The van der Waals surface area contributed by atoms with Crippen LogP contribution in [0.3, 0.4) is 0 Å². The van der Waals surface area contributed by atoms with Crippen molar-refractivity contribution in [3.05, 3.63) is 84.3 Å². The summed E-state index contributed by atoms with van der Waals surface area (Å²) in [6.45, 7) is 2.00. The summed E-state index contributed by atoms with van der Waals surface area (Å²) in [5, 5.41) is 3.48. The summed E-state index contributed by atoms with van der Waals surface area (Å²) in [5.74, 6) is 1.89. The fourth-order valence-electron chi connectivity index (χ4n) is 5.66. The van der Waals surface area contributed by atoms with Gasteiger partial charge >= 0.3 is 0 Å². The number of benzene rings is 2. The Morgan fingerprint density at radius 3 is 2.82 bits per heavy atom. The van der Waals surface area contributed by atoms with Crippen LogP contribution in [0.5, 0.6) is 0 Å². The van der Waals surface area contributed by atoms with Crippen molar-refractivity contribution in [1.29, 1.82) is 0 Å². The van der Waals surface area contributed by atoms with Gasteiger partial charge in [-0.05, 0) is 86.4 Å². The van der Waals surface area contributed by atoms with E-state index in [2.05, 4.69) is 50.4 Å². The van der Waals surface area contributed by atoms with Gasteiger partial charge in [-0.3, -0.25) is 10.2 Å². The number of hydrazine groups is 1. The maximum Gasteiger partial charge on any atom is 0.232 e. The number of hydrogen-bond donors (Lipinski definition) is 2. The molecule has 0 saturated heterocycles. The first-order valence-electron chi connectivity index (χ1n) is 13.1. The summed E-state index contributed by atoms with van der Waals surface area (Å²) in [6.07, 6.45) is 10.1. The molecule has 0 radical (unpaired) electrons. The molecule has 2 atom stereocenters. The minimum Gasteiger partial charge on any atom is -0.383 e. The monoisotopic (exact) mass is 505 g/mol. The molecule has 6 rings (SSSR count). The van der Waals surface area contributed by atoms with Gasteiger partial charge in [-0.25, -0.2) is 20.0 Å². The number of para-hydroxylation sites is 1. The Hall–Kier alpha value is -4.46. The molecule has 38 heavy (non-hydrogen) atoms. The predicted octanol–water partition coefficient (Wildman–Crippen LogP) is 5.83. The highest BCUT2D eigenvalue weighted by molar-refractivity contribution is 5.86. The van der Waals surface area contributed by atoms with Gasteiger partial charge in [0.1, 0.15) is 23.6 Å². The van der Waals surface area contributed by atoms with Crippen molar-refractivity contribution < 1.29 is 4.79 Å². The van der Waals surface area contributed by atoms with E-state index in [1.54, 1.807) is 6.33 Å². The molecule has 0 spiro atoms. The van der Waals surface area contributed by atoms with Crippen LogP contribution >= 0.6 is 0 Å². The molecule has 1 saturated carbocycles.